The van der Waals surface area contributed by atoms with Crippen LogP contribution >= 0.6 is 0 Å². The predicted octanol–water partition coefficient (Wildman–Crippen LogP) is 3.64. The van der Waals surface area contributed by atoms with Crippen molar-refractivity contribution in [1.82, 2.24) is 4.90 Å². The third-order valence-corrected chi connectivity index (χ3v) is 4.14. The molecule has 24 heavy (non-hydrogen) atoms. The SMILES string of the molecule is Cc1ccc(NC(=O)C(C)N(C)CCOc2ccccc2)c(C)c1. The van der Waals surface area contributed by atoms with Gasteiger partial charge in [-0.15, -0.1) is 0 Å². The first kappa shape index (κ1) is 18.0. The first-order chi connectivity index (χ1) is 11.5. The summed E-state index contributed by atoms with van der Waals surface area (Å²) in [6.07, 6.45) is 0. The number of nitrogens with zero attached hydrogens (tertiary/aromatic N) is 1. The normalized spacial score (nSPS) is 12.0. The van der Waals surface area contributed by atoms with Crippen LogP contribution in [0.5, 0.6) is 5.75 Å². The Morgan fingerprint density at radius 1 is 1.17 bits per heavy atom. The van der Waals surface area contributed by atoms with Crippen molar-refractivity contribution in [3.05, 3.63) is 59.7 Å². The molecule has 0 radical (unpaired) electrons. The molecule has 128 valence electrons. The first-order valence-corrected chi connectivity index (χ1v) is 8.23. The van der Waals surface area contributed by atoms with Gasteiger partial charge in [-0.05, 0) is 51.6 Å². The highest BCUT2D eigenvalue weighted by molar-refractivity contribution is 5.95. The van der Waals surface area contributed by atoms with Gasteiger partial charge >= 0.3 is 0 Å². The molecule has 0 aromatic heterocycles. The smallest absolute Gasteiger partial charge is 0.241 e. The Bertz CT molecular complexity index is 671. The maximum atomic E-state index is 12.4. The fraction of sp³-hybridized carbons (Fsp3) is 0.350. The van der Waals surface area contributed by atoms with Crippen molar-refractivity contribution in [2.24, 2.45) is 0 Å². The van der Waals surface area contributed by atoms with Crippen LogP contribution in [0.4, 0.5) is 5.69 Å². The molecule has 0 aliphatic heterocycles. The van der Waals surface area contributed by atoms with Crippen molar-refractivity contribution in [2.45, 2.75) is 26.8 Å². The van der Waals surface area contributed by atoms with Crippen molar-refractivity contribution in [3.63, 3.8) is 0 Å². The molecule has 1 amide bonds. The maximum Gasteiger partial charge on any atom is 0.241 e. The molecule has 0 aliphatic rings. The molecule has 4 heteroatoms. The van der Waals surface area contributed by atoms with E-state index in [1.807, 2.05) is 75.2 Å². The van der Waals surface area contributed by atoms with Crippen molar-refractivity contribution in [1.29, 1.82) is 0 Å². The molecule has 1 atom stereocenters. The van der Waals surface area contributed by atoms with Crippen LogP contribution in [0.3, 0.4) is 0 Å². The molecular weight excluding hydrogens is 300 g/mol. The van der Waals surface area contributed by atoms with Gasteiger partial charge in [-0.1, -0.05) is 35.9 Å². The van der Waals surface area contributed by atoms with Crippen molar-refractivity contribution < 1.29 is 9.53 Å². The van der Waals surface area contributed by atoms with Crippen LogP contribution in [0.2, 0.25) is 0 Å². The predicted molar refractivity (Wildman–Crippen MR) is 98.6 cm³/mol. The Morgan fingerprint density at radius 2 is 1.88 bits per heavy atom. The van der Waals surface area contributed by atoms with Crippen LogP contribution in [-0.2, 0) is 4.79 Å². The molecule has 1 unspecified atom stereocenters. The second-order valence-corrected chi connectivity index (χ2v) is 6.13. The van der Waals surface area contributed by atoms with Crippen LogP contribution < -0.4 is 10.1 Å². The minimum Gasteiger partial charge on any atom is -0.492 e. The number of carbonyl (C=O) groups excluding carboxylic acids is 1. The number of likely N-dealkylation sites (N-methyl/N-ethyl adjacent to an activating group) is 1. The van der Waals surface area contributed by atoms with Gasteiger partial charge in [0.25, 0.3) is 0 Å². The fourth-order valence-corrected chi connectivity index (χ4v) is 2.41. The minimum absolute atomic E-state index is 0.0100. The average Bonchev–Trinajstić information content (AvgIpc) is 2.57. The van der Waals surface area contributed by atoms with E-state index in [0.717, 1.165) is 17.0 Å². The molecule has 4 nitrogen and oxygen atoms in total. The number of nitrogens with one attached hydrogen (secondary N) is 1. The number of benzene rings is 2. The topological polar surface area (TPSA) is 41.6 Å². The molecule has 0 bridgehead atoms. The third kappa shape index (κ3) is 5.10. The monoisotopic (exact) mass is 326 g/mol. The zero-order valence-electron chi connectivity index (χ0n) is 14.9. The lowest BCUT2D eigenvalue weighted by Gasteiger charge is -2.24. The summed E-state index contributed by atoms with van der Waals surface area (Å²) in [6.45, 7) is 7.17. The van der Waals surface area contributed by atoms with Crippen molar-refractivity contribution >= 4 is 11.6 Å². The summed E-state index contributed by atoms with van der Waals surface area (Å²) in [5.74, 6) is 0.836. The molecule has 0 saturated heterocycles. The number of ether oxygens (including phenoxy) is 1. The molecule has 0 saturated carbocycles. The van der Waals surface area contributed by atoms with Gasteiger partial charge in [0.05, 0.1) is 6.04 Å². The highest BCUT2D eigenvalue weighted by Crippen LogP contribution is 2.16. The fourth-order valence-electron chi connectivity index (χ4n) is 2.41. The van der Waals surface area contributed by atoms with Gasteiger partial charge in [-0.2, -0.15) is 0 Å². The number of amides is 1. The molecule has 0 spiro atoms. The van der Waals surface area contributed by atoms with E-state index in [1.54, 1.807) is 0 Å². The second kappa shape index (κ2) is 8.50. The molecule has 0 fully saturated rings. The molecule has 1 N–H and O–H groups in total. The summed E-state index contributed by atoms with van der Waals surface area (Å²) in [5, 5.41) is 3.00. The maximum absolute atomic E-state index is 12.4. The summed E-state index contributed by atoms with van der Waals surface area (Å²) >= 11 is 0. The number of aryl methyl sites for hydroxylation is 2. The minimum atomic E-state index is -0.231. The molecular formula is C20H26N2O2. The number of para-hydroxylation sites is 1. The average molecular weight is 326 g/mol. The van der Waals surface area contributed by atoms with Crippen molar-refractivity contribution in [3.8, 4) is 5.75 Å². The van der Waals surface area contributed by atoms with E-state index in [-0.39, 0.29) is 11.9 Å². The Morgan fingerprint density at radius 3 is 2.54 bits per heavy atom. The summed E-state index contributed by atoms with van der Waals surface area (Å²) in [7, 11) is 1.93. The van der Waals surface area contributed by atoms with E-state index in [4.69, 9.17) is 4.74 Å². The van der Waals surface area contributed by atoms with Gasteiger partial charge < -0.3 is 10.1 Å². The Kier molecular flexibility index (Phi) is 6.38. The molecule has 0 heterocycles. The quantitative estimate of drug-likeness (QED) is 0.844. The number of anilines is 1. The Hall–Kier alpha value is -2.33. The van der Waals surface area contributed by atoms with Crippen LogP contribution in [0, 0.1) is 13.8 Å². The number of hydrogen-bond donors (Lipinski definition) is 1. The summed E-state index contributed by atoms with van der Waals surface area (Å²) in [5.41, 5.74) is 3.13. The van der Waals surface area contributed by atoms with E-state index in [0.29, 0.717) is 13.2 Å². The van der Waals surface area contributed by atoms with Gasteiger partial charge in [0.15, 0.2) is 0 Å². The number of carbonyl (C=O) groups is 1. The van der Waals surface area contributed by atoms with Gasteiger partial charge in [0.2, 0.25) is 5.91 Å². The highest BCUT2D eigenvalue weighted by Gasteiger charge is 2.18. The highest BCUT2D eigenvalue weighted by atomic mass is 16.5. The zero-order valence-corrected chi connectivity index (χ0v) is 14.9. The number of hydrogen-bond acceptors (Lipinski definition) is 3. The van der Waals surface area contributed by atoms with E-state index < -0.39 is 0 Å². The van der Waals surface area contributed by atoms with Gasteiger partial charge in [0.1, 0.15) is 12.4 Å². The molecule has 0 aliphatic carbocycles. The van der Waals surface area contributed by atoms with Gasteiger partial charge in [0, 0.05) is 12.2 Å². The van der Waals surface area contributed by atoms with E-state index in [1.165, 1.54) is 5.56 Å². The lowest BCUT2D eigenvalue weighted by molar-refractivity contribution is -0.120. The first-order valence-electron chi connectivity index (χ1n) is 8.23. The largest absolute Gasteiger partial charge is 0.492 e. The zero-order chi connectivity index (χ0) is 17.5. The lowest BCUT2D eigenvalue weighted by Crippen LogP contribution is -2.41. The summed E-state index contributed by atoms with van der Waals surface area (Å²) < 4.78 is 5.68. The molecule has 2 aromatic rings. The van der Waals surface area contributed by atoms with E-state index in [2.05, 4.69) is 11.4 Å². The molecule has 2 aromatic carbocycles. The van der Waals surface area contributed by atoms with Crippen LogP contribution in [0.25, 0.3) is 0 Å². The van der Waals surface area contributed by atoms with Crippen LogP contribution in [0.1, 0.15) is 18.1 Å². The number of rotatable bonds is 7. The van der Waals surface area contributed by atoms with E-state index >= 15 is 0 Å². The van der Waals surface area contributed by atoms with Crippen molar-refractivity contribution in [2.75, 3.05) is 25.5 Å². The lowest BCUT2D eigenvalue weighted by atomic mass is 10.1. The Balaban J connectivity index is 1.83. The van der Waals surface area contributed by atoms with Gasteiger partial charge in [-0.25, -0.2) is 0 Å². The summed E-state index contributed by atoms with van der Waals surface area (Å²) in [4.78, 5) is 14.4. The standard InChI is InChI=1S/C20H26N2O2/c1-15-10-11-19(16(2)14-15)21-20(23)17(3)22(4)12-13-24-18-8-6-5-7-9-18/h5-11,14,17H,12-13H2,1-4H3,(H,21,23). The Labute approximate surface area is 144 Å². The molecule has 2 rings (SSSR count). The van der Waals surface area contributed by atoms with Gasteiger partial charge in [-0.3, -0.25) is 9.69 Å². The second-order valence-electron chi connectivity index (χ2n) is 6.13. The van der Waals surface area contributed by atoms with Crippen LogP contribution in [-0.4, -0.2) is 37.0 Å². The third-order valence-electron chi connectivity index (χ3n) is 4.14. The van der Waals surface area contributed by atoms with Crippen LogP contribution in [0.15, 0.2) is 48.5 Å². The van der Waals surface area contributed by atoms with E-state index in [9.17, 15) is 4.79 Å². The summed E-state index contributed by atoms with van der Waals surface area (Å²) in [6, 6.07) is 15.5.